The van der Waals surface area contributed by atoms with Crippen LogP contribution in [-0.4, -0.2) is 16.1 Å². The van der Waals surface area contributed by atoms with Crippen LogP contribution in [0.4, 0.5) is 0 Å². The summed E-state index contributed by atoms with van der Waals surface area (Å²) in [6.45, 7) is 3.69. The molecule has 76 valence electrons. The Balaban J connectivity index is 2.90. The predicted octanol–water partition coefficient (Wildman–Crippen LogP) is 2.55. The molecule has 0 amide bonds. The molecule has 2 rings (SSSR count). The van der Waals surface area contributed by atoms with E-state index >= 15 is 0 Å². The summed E-state index contributed by atoms with van der Waals surface area (Å²) >= 11 is 0. The molecule has 0 aliphatic carbocycles. The zero-order chi connectivity index (χ0) is 11.0. The summed E-state index contributed by atoms with van der Waals surface area (Å²) in [7, 11) is 0. The monoisotopic (exact) mass is 201 g/mol. The van der Waals surface area contributed by atoms with Gasteiger partial charge in [0.25, 0.3) is 0 Å². The zero-order valence-corrected chi connectivity index (χ0v) is 8.61. The summed E-state index contributed by atoms with van der Waals surface area (Å²) in [5.41, 5.74) is 2.90. The lowest BCUT2D eigenvalue weighted by Gasteiger charge is -2.07. The summed E-state index contributed by atoms with van der Waals surface area (Å²) in [5.74, 6) is -0.888. The highest BCUT2D eigenvalue weighted by atomic mass is 16.4. The number of fused-ring (bicyclic) bond motifs is 1. The summed E-state index contributed by atoms with van der Waals surface area (Å²) < 4.78 is 0. The van der Waals surface area contributed by atoms with Crippen molar-refractivity contribution >= 4 is 16.9 Å². The van der Waals surface area contributed by atoms with E-state index < -0.39 is 5.97 Å². The first-order valence-corrected chi connectivity index (χ1v) is 4.69. The maximum atomic E-state index is 11.0. The van der Waals surface area contributed by atoms with Crippen LogP contribution in [0.15, 0.2) is 24.4 Å². The van der Waals surface area contributed by atoms with E-state index in [4.69, 9.17) is 5.11 Å². The summed E-state index contributed by atoms with van der Waals surface area (Å²) in [4.78, 5) is 15.2. The highest BCUT2D eigenvalue weighted by Crippen LogP contribution is 2.23. The average molecular weight is 201 g/mol. The van der Waals surface area contributed by atoms with E-state index in [1.807, 2.05) is 26.0 Å². The van der Waals surface area contributed by atoms with Gasteiger partial charge in [-0.05, 0) is 37.1 Å². The number of carbonyl (C=O) groups is 1. The summed E-state index contributed by atoms with van der Waals surface area (Å²) in [6, 6.07) is 5.39. The Kier molecular flexibility index (Phi) is 2.15. The third kappa shape index (κ3) is 1.46. The fourth-order valence-electron chi connectivity index (χ4n) is 1.78. The van der Waals surface area contributed by atoms with Gasteiger partial charge in [-0.2, -0.15) is 0 Å². The van der Waals surface area contributed by atoms with Crippen molar-refractivity contribution in [2.75, 3.05) is 0 Å². The Hall–Kier alpha value is -1.90. The molecular formula is C12H11NO2. The van der Waals surface area contributed by atoms with Crippen molar-refractivity contribution in [3.63, 3.8) is 0 Å². The Morgan fingerprint density at radius 1 is 1.40 bits per heavy atom. The highest BCUT2D eigenvalue weighted by Gasteiger charge is 2.12. The van der Waals surface area contributed by atoms with Crippen molar-refractivity contribution in [1.29, 1.82) is 0 Å². The van der Waals surface area contributed by atoms with Crippen LogP contribution >= 0.6 is 0 Å². The molecule has 1 aromatic carbocycles. The molecule has 1 heterocycles. The Morgan fingerprint density at radius 2 is 2.13 bits per heavy atom. The zero-order valence-electron chi connectivity index (χ0n) is 8.61. The van der Waals surface area contributed by atoms with E-state index in [1.54, 1.807) is 12.3 Å². The molecule has 1 aromatic heterocycles. The van der Waals surface area contributed by atoms with E-state index in [2.05, 4.69) is 4.98 Å². The van der Waals surface area contributed by atoms with Gasteiger partial charge >= 0.3 is 5.97 Å². The molecule has 0 unspecified atom stereocenters. The van der Waals surface area contributed by atoms with E-state index in [1.165, 1.54) is 0 Å². The van der Waals surface area contributed by atoms with E-state index in [0.29, 0.717) is 5.56 Å². The van der Waals surface area contributed by atoms with Crippen LogP contribution in [0.1, 0.15) is 21.5 Å². The average Bonchev–Trinajstić information content (AvgIpc) is 2.23. The molecule has 0 aliphatic heterocycles. The third-order valence-electron chi connectivity index (χ3n) is 2.58. The van der Waals surface area contributed by atoms with Crippen LogP contribution in [0.5, 0.6) is 0 Å². The fraction of sp³-hybridized carbons (Fsp3) is 0.167. The SMILES string of the molecule is Cc1c(C(=O)O)cc(C)c2ncccc12. The smallest absolute Gasteiger partial charge is 0.335 e. The molecule has 0 radical (unpaired) electrons. The molecule has 0 saturated carbocycles. The predicted molar refractivity (Wildman–Crippen MR) is 58.2 cm³/mol. The first-order chi connectivity index (χ1) is 7.11. The third-order valence-corrected chi connectivity index (χ3v) is 2.58. The molecular weight excluding hydrogens is 190 g/mol. The van der Waals surface area contributed by atoms with Gasteiger partial charge in [-0.1, -0.05) is 6.07 Å². The fourth-order valence-corrected chi connectivity index (χ4v) is 1.78. The van der Waals surface area contributed by atoms with Gasteiger partial charge in [0.2, 0.25) is 0 Å². The van der Waals surface area contributed by atoms with Gasteiger partial charge in [-0.25, -0.2) is 4.79 Å². The largest absolute Gasteiger partial charge is 0.478 e. The van der Waals surface area contributed by atoms with Crippen molar-refractivity contribution in [3.8, 4) is 0 Å². The van der Waals surface area contributed by atoms with Gasteiger partial charge in [0.1, 0.15) is 0 Å². The second-order valence-electron chi connectivity index (χ2n) is 3.57. The lowest BCUT2D eigenvalue weighted by Crippen LogP contribution is -2.01. The van der Waals surface area contributed by atoms with Gasteiger partial charge < -0.3 is 5.11 Å². The minimum absolute atomic E-state index is 0.355. The van der Waals surface area contributed by atoms with Crippen LogP contribution in [0.25, 0.3) is 10.9 Å². The number of pyridine rings is 1. The molecule has 0 bridgehead atoms. The normalized spacial score (nSPS) is 10.5. The molecule has 15 heavy (non-hydrogen) atoms. The number of carboxylic acid groups (broad SMARTS) is 1. The lowest BCUT2D eigenvalue weighted by molar-refractivity contribution is 0.0696. The first kappa shape index (κ1) is 9.65. The number of hydrogen-bond donors (Lipinski definition) is 1. The van der Waals surface area contributed by atoms with Crippen molar-refractivity contribution in [3.05, 3.63) is 41.1 Å². The van der Waals surface area contributed by atoms with Crippen LogP contribution < -0.4 is 0 Å². The van der Waals surface area contributed by atoms with E-state index in [-0.39, 0.29) is 0 Å². The molecule has 0 saturated heterocycles. The van der Waals surface area contributed by atoms with Crippen molar-refractivity contribution in [1.82, 2.24) is 4.98 Å². The van der Waals surface area contributed by atoms with E-state index in [0.717, 1.165) is 22.0 Å². The van der Waals surface area contributed by atoms with Crippen LogP contribution in [0.2, 0.25) is 0 Å². The van der Waals surface area contributed by atoms with Crippen LogP contribution in [0, 0.1) is 13.8 Å². The van der Waals surface area contributed by atoms with Crippen molar-refractivity contribution in [2.24, 2.45) is 0 Å². The minimum Gasteiger partial charge on any atom is -0.478 e. The Bertz CT molecular complexity index is 547. The van der Waals surface area contributed by atoms with Gasteiger partial charge in [-0.3, -0.25) is 4.98 Å². The number of hydrogen-bond acceptors (Lipinski definition) is 2. The van der Waals surface area contributed by atoms with Crippen molar-refractivity contribution < 1.29 is 9.90 Å². The second kappa shape index (κ2) is 3.35. The molecule has 1 N–H and O–H groups in total. The standard InChI is InChI=1S/C12H11NO2/c1-7-6-10(12(14)15)8(2)9-4-3-5-13-11(7)9/h3-6H,1-2H3,(H,14,15). The molecule has 3 heteroatoms. The molecule has 3 nitrogen and oxygen atoms in total. The summed E-state index contributed by atoms with van der Waals surface area (Å²) in [6.07, 6.45) is 1.72. The maximum absolute atomic E-state index is 11.0. The number of nitrogens with zero attached hydrogens (tertiary/aromatic N) is 1. The number of aromatic carboxylic acids is 1. The molecule has 2 aromatic rings. The van der Waals surface area contributed by atoms with Crippen LogP contribution in [0.3, 0.4) is 0 Å². The van der Waals surface area contributed by atoms with Crippen molar-refractivity contribution in [2.45, 2.75) is 13.8 Å². The molecule has 0 spiro atoms. The maximum Gasteiger partial charge on any atom is 0.335 e. The number of benzene rings is 1. The van der Waals surface area contributed by atoms with E-state index in [9.17, 15) is 4.79 Å². The summed E-state index contributed by atoms with van der Waals surface area (Å²) in [5, 5.41) is 9.94. The van der Waals surface area contributed by atoms with Gasteiger partial charge in [0, 0.05) is 11.6 Å². The quantitative estimate of drug-likeness (QED) is 0.771. The van der Waals surface area contributed by atoms with Gasteiger partial charge in [0.05, 0.1) is 11.1 Å². The number of aromatic nitrogens is 1. The van der Waals surface area contributed by atoms with Gasteiger partial charge in [0.15, 0.2) is 0 Å². The molecule has 0 fully saturated rings. The highest BCUT2D eigenvalue weighted by molar-refractivity contribution is 5.97. The Morgan fingerprint density at radius 3 is 2.80 bits per heavy atom. The van der Waals surface area contributed by atoms with Gasteiger partial charge in [-0.15, -0.1) is 0 Å². The molecule has 0 aliphatic rings. The number of aryl methyl sites for hydroxylation is 2. The lowest BCUT2D eigenvalue weighted by atomic mass is 9.99. The minimum atomic E-state index is -0.888. The molecule has 0 atom stereocenters. The number of carboxylic acids is 1. The first-order valence-electron chi connectivity index (χ1n) is 4.69. The second-order valence-corrected chi connectivity index (χ2v) is 3.57. The Labute approximate surface area is 87.4 Å². The topological polar surface area (TPSA) is 50.2 Å². The van der Waals surface area contributed by atoms with Crippen LogP contribution in [-0.2, 0) is 0 Å². The number of rotatable bonds is 1.